The van der Waals surface area contributed by atoms with Gasteiger partial charge in [-0.1, -0.05) is 0 Å². The lowest BCUT2D eigenvalue weighted by atomic mass is 10.2. The molecule has 1 rings (SSSR count). The monoisotopic (exact) mass is 293 g/mol. The summed E-state index contributed by atoms with van der Waals surface area (Å²) in [6.45, 7) is 0. The molecule has 7 heteroatoms. The van der Waals surface area contributed by atoms with E-state index < -0.39 is 10.2 Å². The number of ether oxygens (including phenoxy) is 1. The van der Waals surface area contributed by atoms with Crippen LogP contribution < -0.4 is 4.74 Å². The van der Waals surface area contributed by atoms with Gasteiger partial charge in [-0.25, -0.2) is 0 Å². The van der Waals surface area contributed by atoms with Crippen molar-refractivity contribution in [3.8, 4) is 5.75 Å². The van der Waals surface area contributed by atoms with E-state index in [9.17, 15) is 14.9 Å². The van der Waals surface area contributed by atoms with E-state index in [-0.39, 0.29) is 21.5 Å². The van der Waals surface area contributed by atoms with Crippen molar-refractivity contribution in [3.63, 3.8) is 0 Å². The molecule has 0 bridgehead atoms. The summed E-state index contributed by atoms with van der Waals surface area (Å²) in [5.41, 5.74) is -0.106. The predicted octanol–water partition coefficient (Wildman–Crippen LogP) is 2.74. The maximum atomic E-state index is 11.0. The minimum absolute atomic E-state index is 0.0740. The Hall–Kier alpha value is -1.14. The third-order valence-electron chi connectivity index (χ3n) is 1.68. The molecule has 15 heavy (non-hydrogen) atoms. The number of carbonyl (C=O) groups excluding carboxylic acids is 1. The minimum atomic E-state index is -0.734. The molecule has 1 aromatic carbocycles. The Morgan fingerprint density at radius 3 is 2.60 bits per heavy atom. The summed E-state index contributed by atoms with van der Waals surface area (Å²) >= 11 is 8.25. The largest absolute Gasteiger partial charge is 0.496 e. The van der Waals surface area contributed by atoms with Gasteiger partial charge in [0.2, 0.25) is 0 Å². The maximum absolute atomic E-state index is 11.0. The van der Waals surface area contributed by atoms with Crippen LogP contribution in [-0.4, -0.2) is 17.3 Å². The number of hydrogen-bond donors (Lipinski definition) is 0. The molecular formula is C8H5BrClNO4. The molecule has 0 aliphatic heterocycles. The van der Waals surface area contributed by atoms with Gasteiger partial charge < -0.3 is 4.74 Å². The molecule has 0 saturated carbocycles. The van der Waals surface area contributed by atoms with Gasteiger partial charge in [0.25, 0.3) is 10.9 Å². The summed E-state index contributed by atoms with van der Waals surface area (Å²) in [4.78, 5) is 20.9. The Labute approximate surface area is 98.3 Å². The highest BCUT2D eigenvalue weighted by molar-refractivity contribution is 9.10. The van der Waals surface area contributed by atoms with Gasteiger partial charge in [-0.2, -0.15) is 0 Å². The van der Waals surface area contributed by atoms with Crippen molar-refractivity contribution in [1.29, 1.82) is 0 Å². The van der Waals surface area contributed by atoms with Crippen molar-refractivity contribution in [2.75, 3.05) is 7.11 Å². The van der Waals surface area contributed by atoms with Crippen LogP contribution in [0.5, 0.6) is 5.75 Å². The molecule has 80 valence electrons. The Morgan fingerprint density at radius 1 is 1.60 bits per heavy atom. The van der Waals surface area contributed by atoms with Crippen LogP contribution >= 0.6 is 27.5 Å². The zero-order valence-corrected chi connectivity index (χ0v) is 9.83. The van der Waals surface area contributed by atoms with E-state index in [1.54, 1.807) is 0 Å². The molecule has 0 aromatic heterocycles. The average Bonchev–Trinajstić information content (AvgIpc) is 2.16. The van der Waals surface area contributed by atoms with Gasteiger partial charge in [0.15, 0.2) is 0 Å². The molecule has 5 nitrogen and oxygen atoms in total. The summed E-state index contributed by atoms with van der Waals surface area (Å²) in [6.07, 6.45) is 0. The lowest BCUT2D eigenvalue weighted by molar-refractivity contribution is -0.385. The zero-order chi connectivity index (χ0) is 11.6. The maximum Gasteiger partial charge on any atom is 0.287 e. The van der Waals surface area contributed by atoms with Crippen molar-refractivity contribution >= 4 is 38.5 Å². The van der Waals surface area contributed by atoms with Gasteiger partial charge in [0.1, 0.15) is 5.75 Å². The Kier molecular flexibility index (Phi) is 3.65. The van der Waals surface area contributed by atoms with Crippen molar-refractivity contribution in [2.24, 2.45) is 0 Å². The molecule has 0 spiro atoms. The van der Waals surface area contributed by atoms with Crippen molar-refractivity contribution < 1.29 is 14.5 Å². The molecule has 0 aliphatic rings. The molecule has 0 radical (unpaired) electrons. The molecule has 0 heterocycles. The number of rotatable bonds is 3. The first-order valence-electron chi connectivity index (χ1n) is 3.69. The second-order valence-electron chi connectivity index (χ2n) is 2.53. The summed E-state index contributed by atoms with van der Waals surface area (Å²) in [5, 5.41) is 9.84. The van der Waals surface area contributed by atoms with Crippen LogP contribution in [0.3, 0.4) is 0 Å². The second-order valence-corrected chi connectivity index (χ2v) is 3.73. The van der Waals surface area contributed by atoms with E-state index in [0.29, 0.717) is 0 Å². The quantitative estimate of drug-likeness (QED) is 0.488. The van der Waals surface area contributed by atoms with E-state index in [0.717, 1.165) is 6.07 Å². The first-order valence-corrected chi connectivity index (χ1v) is 4.86. The van der Waals surface area contributed by atoms with Crippen LogP contribution in [-0.2, 0) is 0 Å². The molecule has 0 atom stereocenters. The highest BCUT2D eigenvalue weighted by atomic mass is 79.9. The van der Waals surface area contributed by atoms with E-state index in [4.69, 9.17) is 16.3 Å². The molecule has 0 N–H and O–H groups in total. The van der Waals surface area contributed by atoms with Gasteiger partial charge in [-0.15, -0.1) is 0 Å². The smallest absolute Gasteiger partial charge is 0.287 e. The summed E-state index contributed by atoms with van der Waals surface area (Å²) in [6, 6.07) is 2.39. The predicted molar refractivity (Wildman–Crippen MR) is 57.5 cm³/mol. The SMILES string of the molecule is COc1cc([N+](=O)[O-])c(Br)cc1C(=O)Cl. The fourth-order valence-electron chi connectivity index (χ4n) is 1.01. The zero-order valence-electron chi connectivity index (χ0n) is 7.49. The third kappa shape index (κ3) is 2.45. The van der Waals surface area contributed by atoms with Gasteiger partial charge in [0.05, 0.1) is 28.1 Å². The van der Waals surface area contributed by atoms with Crippen molar-refractivity contribution in [3.05, 3.63) is 32.3 Å². The van der Waals surface area contributed by atoms with Crippen molar-refractivity contribution in [1.82, 2.24) is 0 Å². The Bertz CT molecular complexity index is 435. The number of carbonyl (C=O) groups is 1. The van der Waals surface area contributed by atoms with Crippen LogP contribution in [0.25, 0.3) is 0 Å². The summed E-state index contributed by atoms with van der Waals surface area (Å²) < 4.78 is 5.00. The van der Waals surface area contributed by atoms with Gasteiger partial charge in [0, 0.05) is 0 Å². The van der Waals surface area contributed by atoms with E-state index in [2.05, 4.69) is 15.9 Å². The highest BCUT2D eigenvalue weighted by Crippen LogP contribution is 2.33. The van der Waals surface area contributed by atoms with E-state index >= 15 is 0 Å². The molecule has 1 aromatic rings. The lowest BCUT2D eigenvalue weighted by Gasteiger charge is -2.05. The second kappa shape index (κ2) is 4.59. The fourth-order valence-corrected chi connectivity index (χ4v) is 1.64. The first kappa shape index (κ1) is 11.9. The number of benzene rings is 1. The summed E-state index contributed by atoms with van der Waals surface area (Å²) in [5.74, 6) is 0.0740. The van der Waals surface area contributed by atoms with Crippen LogP contribution in [0.15, 0.2) is 16.6 Å². The van der Waals surface area contributed by atoms with Gasteiger partial charge >= 0.3 is 0 Å². The highest BCUT2D eigenvalue weighted by Gasteiger charge is 2.19. The lowest BCUT2D eigenvalue weighted by Crippen LogP contribution is -1.98. The molecular weight excluding hydrogens is 289 g/mol. The molecule has 0 saturated heterocycles. The molecule has 0 amide bonds. The van der Waals surface area contributed by atoms with E-state index in [1.807, 2.05) is 0 Å². The first-order chi connectivity index (χ1) is 6.97. The van der Waals surface area contributed by atoms with Crippen LogP contribution in [0.4, 0.5) is 5.69 Å². The van der Waals surface area contributed by atoms with Crippen LogP contribution in [0, 0.1) is 10.1 Å². The Morgan fingerprint density at radius 2 is 2.20 bits per heavy atom. The van der Waals surface area contributed by atoms with Crippen LogP contribution in [0.2, 0.25) is 0 Å². The number of nitrogens with zero attached hydrogens (tertiary/aromatic N) is 1. The minimum Gasteiger partial charge on any atom is -0.496 e. The number of hydrogen-bond acceptors (Lipinski definition) is 4. The standard InChI is InChI=1S/C8H5BrClNO4/c1-15-7-3-6(11(13)14)5(9)2-4(7)8(10)12/h2-3H,1H3. The number of nitro groups is 1. The van der Waals surface area contributed by atoms with Crippen LogP contribution in [0.1, 0.15) is 10.4 Å². The van der Waals surface area contributed by atoms with E-state index in [1.165, 1.54) is 13.2 Å². The molecule has 0 fully saturated rings. The summed E-state index contributed by atoms with van der Waals surface area (Å²) in [7, 11) is 1.30. The Balaban J connectivity index is 3.42. The molecule has 0 unspecified atom stereocenters. The van der Waals surface area contributed by atoms with Crippen molar-refractivity contribution in [2.45, 2.75) is 0 Å². The topological polar surface area (TPSA) is 69.4 Å². The number of methoxy groups -OCH3 is 1. The fraction of sp³-hybridized carbons (Fsp3) is 0.125. The third-order valence-corrected chi connectivity index (χ3v) is 2.52. The number of halogens is 2. The van der Waals surface area contributed by atoms with Gasteiger partial charge in [-0.3, -0.25) is 14.9 Å². The molecule has 0 aliphatic carbocycles. The average molecular weight is 294 g/mol. The number of nitro benzene ring substituents is 1. The normalized spacial score (nSPS) is 9.80. The van der Waals surface area contributed by atoms with Gasteiger partial charge in [-0.05, 0) is 33.6 Å².